The van der Waals surface area contributed by atoms with Gasteiger partial charge in [0.1, 0.15) is 0 Å². The minimum absolute atomic E-state index is 0.310. The summed E-state index contributed by atoms with van der Waals surface area (Å²) in [7, 11) is 0. The van der Waals surface area contributed by atoms with Gasteiger partial charge in [0.05, 0.1) is 11.6 Å². The van der Waals surface area contributed by atoms with Crippen LogP contribution in [0.5, 0.6) is 0 Å². The van der Waals surface area contributed by atoms with Crippen LogP contribution >= 0.6 is 0 Å². The average molecular weight is 288 g/mol. The molecule has 0 aromatic heterocycles. The minimum Gasteiger partial charge on any atom is -0.338 e. The van der Waals surface area contributed by atoms with Gasteiger partial charge in [-0.1, -0.05) is 26.0 Å². The lowest BCUT2D eigenvalue weighted by atomic mass is 10.1. The molecule has 112 valence electrons. The zero-order chi connectivity index (χ0) is 15.3. The Morgan fingerprint density at radius 1 is 1.25 bits per heavy atom. The van der Waals surface area contributed by atoms with E-state index in [0.29, 0.717) is 18.0 Å². The van der Waals surface area contributed by atoms with Crippen LogP contribution in [-0.2, 0) is 6.18 Å². The number of hydrogen-bond acceptors (Lipinski definition) is 1. The van der Waals surface area contributed by atoms with Crippen molar-refractivity contribution in [1.82, 2.24) is 10.6 Å². The molecule has 1 rings (SSSR count). The Labute approximate surface area is 116 Å². The third kappa shape index (κ3) is 5.11. The molecule has 0 saturated heterocycles. The average Bonchev–Trinajstić information content (AvgIpc) is 2.35. The lowest BCUT2D eigenvalue weighted by Gasteiger charge is -2.17. The molecule has 0 aliphatic rings. The molecule has 0 saturated carbocycles. The monoisotopic (exact) mass is 288 g/mol. The maximum atomic E-state index is 12.6. The number of benzene rings is 1. The molecule has 0 fully saturated rings. The molecule has 20 heavy (non-hydrogen) atoms. The zero-order valence-corrected chi connectivity index (χ0v) is 11.7. The third-order valence-electron chi connectivity index (χ3n) is 2.73. The molecule has 0 bridgehead atoms. The molecule has 0 aliphatic heterocycles. The fourth-order valence-electron chi connectivity index (χ4n) is 1.61. The van der Waals surface area contributed by atoms with Crippen molar-refractivity contribution in [3.63, 3.8) is 0 Å². The number of hydrogen-bond donors (Lipinski definition) is 2. The molecule has 0 spiro atoms. The topological polar surface area (TPSA) is 41.1 Å². The van der Waals surface area contributed by atoms with E-state index >= 15 is 0 Å². The first kappa shape index (κ1) is 16.3. The van der Waals surface area contributed by atoms with E-state index in [0.717, 1.165) is 12.1 Å². The number of carbonyl (C=O) groups is 1. The number of alkyl halides is 3. The first-order chi connectivity index (χ1) is 9.20. The fraction of sp³-hybridized carbons (Fsp3) is 0.500. The predicted molar refractivity (Wildman–Crippen MR) is 71.2 cm³/mol. The largest absolute Gasteiger partial charge is 0.416 e. The van der Waals surface area contributed by atoms with Gasteiger partial charge in [-0.3, -0.25) is 0 Å². The summed E-state index contributed by atoms with van der Waals surface area (Å²) in [5.41, 5.74) is -0.300. The number of halogens is 3. The van der Waals surface area contributed by atoms with Crippen LogP contribution in [0, 0.1) is 5.92 Å². The van der Waals surface area contributed by atoms with Gasteiger partial charge in [-0.05, 0) is 30.5 Å². The molecule has 1 aromatic rings. The molecule has 3 nitrogen and oxygen atoms in total. The van der Waals surface area contributed by atoms with Gasteiger partial charge in [0.25, 0.3) is 0 Å². The molecule has 0 radical (unpaired) electrons. The highest BCUT2D eigenvalue weighted by Gasteiger charge is 2.30. The summed E-state index contributed by atoms with van der Waals surface area (Å²) in [5, 5.41) is 5.27. The van der Waals surface area contributed by atoms with E-state index in [4.69, 9.17) is 0 Å². The van der Waals surface area contributed by atoms with Crippen molar-refractivity contribution in [2.75, 3.05) is 6.54 Å². The number of carbonyl (C=O) groups excluding carboxylic acids is 1. The van der Waals surface area contributed by atoms with Gasteiger partial charge in [0.2, 0.25) is 0 Å². The maximum Gasteiger partial charge on any atom is 0.416 e. The summed E-state index contributed by atoms with van der Waals surface area (Å²) in [6, 6.07) is 4.07. The third-order valence-corrected chi connectivity index (χ3v) is 2.73. The number of nitrogens with one attached hydrogen (secondary N) is 2. The van der Waals surface area contributed by atoms with Crippen LogP contribution in [0.2, 0.25) is 0 Å². The quantitative estimate of drug-likeness (QED) is 0.871. The molecule has 1 atom stereocenters. The van der Waals surface area contributed by atoms with Crippen LogP contribution in [0.25, 0.3) is 0 Å². The van der Waals surface area contributed by atoms with Crippen molar-refractivity contribution in [2.45, 2.75) is 33.0 Å². The van der Waals surface area contributed by atoms with E-state index in [1.807, 2.05) is 13.8 Å². The molecule has 2 amide bonds. The van der Waals surface area contributed by atoms with Crippen LogP contribution < -0.4 is 10.6 Å². The highest BCUT2D eigenvalue weighted by Crippen LogP contribution is 2.30. The highest BCUT2D eigenvalue weighted by atomic mass is 19.4. The van der Waals surface area contributed by atoms with Crippen molar-refractivity contribution in [2.24, 2.45) is 5.92 Å². The van der Waals surface area contributed by atoms with Gasteiger partial charge in [0, 0.05) is 6.54 Å². The lowest BCUT2D eigenvalue weighted by molar-refractivity contribution is -0.137. The van der Waals surface area contributed by atoms with E-state index in [2.05, 4.69) is 10.6 Å². The molecule has 1 aromatic carbocycles. The second-order valence-electron chi connectivity index (χ2n) is 5.09. The second-order valence-corrected chi connectivity index (χ2v) is 5.09. The van der Waals surface area contributed by atoms with Gasteiger partial charge in [-0.25, -0.2) is 4.79 Å². The number of urea groups is 1. The highest BCUT2D eigenvalue weighted by molar-refractivity contribution is 5.74. The predicted octanol–water partition coefficient (Wildman–Crippen LogP) is 3.72. The Hall–Kier alpha value is -1.72. The fourth-order valence-corrected chi connectivity index (χ4v) is 1.61. The SMILES string of the molecule is CC(C)CNC(=O)NC(C)c1cccc(C(F)(F)F)c1. The standard InChI is InChI=1S/C14H19F3N2O/c1-9(2)8-18-13(20)19-10(3)11-5-4-6-12(7-11)14(15,16)17/h4-7,9-10H,8H2,1-3H3,(H2,18,19,20). The molecule has 0 aliphatic carbocycles. The van der Waals surface area contributed by atoms with Crippen LogP contribution in [0.15, 0.2) is 24.3 Å². The smallest absolute Gasteiger partial charge is 0.338 e. The normalized spacial score (nSPS) is 13.2. The summed E-state index contributed by atoms with van der Waals surface area (Å²) < 4.78 is 37.8. The van der Waals surface area contributed by atoms with E-state index in [9.17, 15) is 18.0 Å². The summed E-state index contributed by atoms with van der Waals surface area (Å²) in [6.45, 7) is 6.07. The van der Waals surface area contributed by atoms with E-state index in [-0.39, 0.29) is 6.03 Å². The van der Waals surface area contributed by atoms with Crippen molar-refractivity contribution in [3.8, 4) is 0 Å². The van der Waals surface area contributed by atoms with Gasteiger partial charge in [-0.15, -0.1) is 0 Å². The minimum atomic E-state index is -4.38. The van der Waals surface area contributed by atoms with Gasteiger partial charge in [0.15, 0.2) is 0 Å². The number of amides is 2. The Bertz CT molecular complexity index is 458. The van der Waals surface area contributed by atoms with Crippen LogP contribution in [-0.4, -0.2) is 12.6 Å². The molecule has 0 heterocycles. The van der Waals surface area contributed by atoms with Crippen molar-refractivity contribution in [1.29, 1.82) is 0 Å². The summed E-state index contributed by atoms with van der Waals surface area (Å²) in [6.07, 6.45) is -4.38. The van der Waals surface area contributed by atoms with E-state index < -0.39 is 17.8 Å². The first-order valence-electron chi connectivity index (χ1n) is 6.41. The van der Waals surface area contributed by atoms with Gasteiger partial charge >= 0.3 is 12.2 Å². The van der Waals surface area contributed by atoms with E-state index in [1.165, 1.54) is 6.07 Å². The molecule has 1 unspecified atom stereocenters. The Kier molecular flexibility index (Phi) is 5.42. The van der Waals surface area contributed by atoms with Crippen LogP contribution in [0.4, 0.5) is 18.0 Å². The van der Waals surface area contributed by atoms with Crippen molar-refractivity contribution in [3.05, 3.63) is 35.4 Å². The summed E-state index contributed by atoms with van der Waals surface area (Å²) in [4.78, 5) is 11.6. The lowest BCUT2D eigenvalue weighted by Crippen LogP contribution is -2.38. The first-order valence-corrected chi connectivity index (χ1v) is 6.41. The van der Waals surface area contributed by atoms with Crippen molar-refractivity contribution < 1.29 is 18.0 Å². The van der Waals surface area contributed by atoms with Gasteiger partial charge < -0.3 is 10.6 Å². The van der Waals surface area contributed by atoms with E-state index in [1.54, 1.807) is 13.0 Å². The zero-order valence-electron chi connectivity index (χ0n) is 11.7. The second kappa shape index (κ2) is 6.63. The Morgan fingerprint density at radius 3 is 2.45 bits per heavy atom. The maximum absolute atomic E-state index is 12.6. The Morgan fingerprint density at radius 2 is 1.90 bits per heavy atom. The summed E-state index contributed by atoms with van der Waals surface area (Å²) >= 11 is 0. The summed E-state index contributed by atoms with van der Waals surface area (Å²) in [5.74, 6) is 0.310. The van der Waals surface area contributed by atoms with Gasteiger partial charge in [-0.2, -0.15) is 13.2 Å². The molecular weight excluding hydrogens is 269 g/mol. The Balaban J connectivity index is 2.68. The molecule has 2 N–H and O–H groups in total. The molecule has 6 heteroatoms. The van der Waals surface area contributed by atoms with Crippen LogP contribution in [0.1, 0.15) is 37.9 Å². The molecular formula is C14H19F3N2O. The van der Waals surface area contributed by atoms with Crippen molar-refractivity contribution >= 4 is 6.03 Å². The van der Waals surface area contributed by atoms with Crippen LogP contribution in [0.3, 0.4) is 0 Å². The number of rotatable bonds is 4.